The lowest BCUT2D eigenvalue weighted by atomic mass is 9.57. The molecule has 2 spiro atoms. The number of fused-ring (bicyclic) bond motifs is 4. The van der Waals surface area contributed by atoms with Gasteiger partial charge in [0, 0.05) is 24.7 Å². The first kappa shape index (κ1) is 28.9. The normalized spacial score (nSPS) is 59.8. The van der Waals surface area contributed by atoms with Gasteiger partial charge < -0.3 is 18.9 Å². The third-order valence-electron chi connectivity index (χ3n) is 13.6. The molecule has 236 valence electrons. The summed E-state index contributed by atoms with van der Waals surface area (Å²) in [4.78, 5) is 24.7. The van der Waals surface area contributed by atoms with E-state index in [1.807, 2.05) is 13.8 Å². The molecule has 42 heavy (non-hydrogen) atoms. The van der Waals surface area contributed by atoms with Crippen LogP contribution in [0.1, 0.15) is 106 Å². The van der Waals surface area contributed by atoms with Crippen molar-refractivity contribution in [1.29, 1.82) is 0 Å². The topological polar surface area (TPSA) is 73.8 Å². The van der Waals surface area contributed by atoms with E-state index in [2.05, 4.69) is 34.3 Å². The maximum atomic E-state index is 6.89. The summed E-state index contributed by atoms with van der Waals surface area (Å²) >= 11 is 0. The van der Waals surface area contributed by atoms with E-state index in [1.165, 1.54) is 18.4 Å². The highest BCUT2D eigenvalue weighted by Gasteiger charge is 2.71. The fraction of sp³-hybridized carbons (Fsp3) is 0.941. The lowest BCUT2D eigenvalue weighted by Crippen LogP contribution is -2.70. The van der Waals surface area contributed by atoms with Gasteiger partial charge in [-0.1, -0.05) is 39.8 Å². The predicted octanol–water partition coefficient (Wildman–Crippen LogP) is 6.82. The van der Waals surface area contributed by atoms with Crippen molar-refractivity contribution in [3.8, 4) is 0 Å². The third-order valence-corrected chi connectivity index (χ3v) is 13.6. The summed E-state index contributed by atoms with van der Waals surface area (Å²) in [6.45, 7) is 18.0. The summed E-state index contributed by atoms with van der Waals surface area (Å²) in [7, 11) is 0. The number of hydrogen-bond donors (Lipinski definition) is 0. The first-order valence-electron chi connectivity index (χ1n) is 17.0. The zero-order valence-corrected chi connectivity index (χ0v) is 26.5. The van der Waals surface area contributed by atoms with Gasteiger partial charge in [0.05, 0.1) is 12.2 Å². The average Bonchev–Trinajstić information content (AvgIpc) is 3.32. The summed E-state index contributed by atoms with van der Waals surface area (Å²) in [6, 6.07) is 0. The number of rotatable bonds is 4. The van der Waals surface area contributed by atoms with Crippen molar-refractivity contribution in [2.45, 2.75) is 153 Å². The van der Waals surface area contributed by atoms with Gasteiger partial charge in [0.1, 0.15) is 0 Å². The minimum absolute atomic E-state index is 0.0182. The minimum atomic E-state index is -0.753. The van der Waals surface area contributed by atoms with E-state index in [1.54, 1.807) is 0 Å². The van der Waals surface area contributed by atoms with Crippen LogP contribution in [0.25, 0.3) is 0 Å². The van der Waals surface area contributed by atoms with Gasteiger partial charge in [-0.25, -0.2) is 19.6 Å². The Bertz CT molecular complexity index is 1020. The van der Waals surface area contributed by atoms with Gasteiger partial charge in [-0.3, -0.25) is 0 Å². The van der Waals surface area contributed by atoms with E-state index in [0.29, 0.717) is 47.3 Å². The van der Waals surface area contributed by atoms with Gasteiger partial charge in [-0.15, -0.1) is 0 Å². The molecule has 10 rings (SSSR count). The van der Waals surface area contributed by atoms with E-state index in [4.69, 9.17) is 38.5 Å². The van der Waals surface area contributed by atoms with Crippen LogP contribution in [-0.4, -0.2) is 47.6 Å². The predicted molar refractivity (Wildman–Crippen MR) is 152 cm³/mol. The fourth-order valence-electron chi connectivity index (χ4n) is 11.1. The van der Waals surface area contributed by atoms with Crippen LogP contribution in [0.3, 0.4) is 0 Å². The summed E-state index contributed by atoms with van der Waals surface area (Å²) in [5.74, 6) is 1.66. The van der Waals surface area contributed by atoms with Crippen LogP contribution in [0.2, 0.25) is 0 Å². The van der Waals surface area contributed by atoms with Crippen LogP contribution in [0.5, 0.6) is 0 Å². The van der Waals surface area contributed by atoms with Crippen molar-refractivity contribution < 1.29 is 38.5 Å². The van der Waals surface area contributed by atoms with Gasteiger partial charge >= 0.3 is 0 Å². The maximum Gasteiger partial charge on any atom is 0.201 e. The minimum Gasteiger partial charge on any atom is -0.346 e. The van der Waals surface area contributed by atoms with Crippen LogP contribution < -0.4 is 0 Å². The Morgan fingerprint density at radius 1 is 0.595 bits per heavy atom. The van der Waals surface area contributed by atoms with E-state index in [9.17, 15) is 0 Å². The average molecular weight is 589 g/mol. The highest BCUT2D eigenvalue weighted by atomic mass is 17.3. The molecule has 0 radical (unpaired) electrons. The molecule has 8 heteroatoms. The summed E-state index contributed by atoms with van der Waals surface area (Å²) in [5.41, 5.74) is 0.119. The van der Waals surface area contributed by atoms with Crippen molar-refractivity contribution in [3.63, 3.8) is 0 Å². The van der Waals surface area contributed by atoms with Crippen molar-refractivity contribution in [2.75, 3.05) is 0 Å². The Morgan fingerprint density at radius 2 is 1.02 bits per heavy atom. The molecular weight excluding hydrogens is 536 g/mol. The zero-order valence-electron chi connectivity index (χ0n) is 26.5. The second kappa shape index (κ2) is 9.71. The molecule has 16 atom stereocenters. The summed E-state index contributed by atoms with van der Waals surface area (Å²) in [6.07, 6.45) is 9.19. The maximum absolute atomic E-state index is 6.89. The first-order chi connectivity index (χ1) is 20.0. The van der Waals surface area contributed by atoms with Crippen molar-refractivity contribution in [2.24, 2.45) is 47.3 Å². The Balaban J connectivity index is 1.01. The zero-order chi connectivity index (χ0) is 29.2. The van der Waals surface area contributed by atoms with Gasteiger partial charge in [0.2, 0.25) is 11.6 Å². The molecule has 8 nitrogen and oxygen atoms in total. The van der Waals surface area contributed by atoms with Crippen LogP contribution in [-0.2, 0) is 38.5 Å². The molecule has 8 heterocycles. The lowest BCUT2D eigenvalue weighted by molar-refractivity contribution is -0.571. The third kappa shape index (κ3) is 3.95. The summed E-state index contributed by atoms with van der Waals surface area (Å²) in [5, 5.41) is 0. The molecule has 8 saturated heterocycles. The fourth-order valence-corrected chi connectivity index (χ4v) is 11.1. The molecule has 8 aliphatic heterocycles. The van der Waals surface area contributed by atoms with E-state index >= 15 is 0 Å². The van der Waals surface area contributed by atoms with Gasteiger partial charge in [0.15, 0.2) is 23.8 Å². The van der Waals surface area contributed by atoms with Gasteiger partial charge in [-0.05, 0) is 101 Å². The molecule has 0 aromatic carbocycles. The Hall–Kier alpha value is -0.580. The highest BCUT2D eigenvalue weighted by molar-refractivity contribution is 5.14. The molecule has 10 fully saturated rings. The quantitative estimate of drug-likeness (QED) is 0.262. The van der Waals surface area contributed by atoms with Crippen LogP contribution in [0.4, 0.5) is 0 Å². The second-order valence-corrected chi connectivity index (χ2v) is 16.0. The Morgan fingerprint density at radius 3 is 1.45 bits per heavy atom. The van der Waals surface area contributed by atoms with Crippen LogP contribution in [0.15, 0.2) is 12.2 Å². The largest absolute Gasteiger partial charge is 0.346 e. The van der Waals surface area contributed by atoms with E-state index in [-0.39, 0.29) is 12.2 Å². The molecule has 0 aromatic rings. The molecule has 10 aliphatic rings. The van der Waals surface area contributed by atoms with Crippen molar-refractivity contribution >= 4 is 0 Å². The van der Waals surface area contributed by atoms with Crippen molar-refractivity contribution in [1.82, 2.24) is 0 Å². The molecule has 2 unspecified atom stereocenters. The molecule has 2 aliphatic carbocycles. The smallest absolute Gasteiger partial charge is 0.201 e. The second-order valence-electron chi connectivity index (χ2n) is 16.0. The Kier molecular flexibility index (Phi) is 6.67. The summed E-state index contributed by atoms with van der Waals surface area (Å²) < 4.78 is 27.0. The monoisotopic (exact) mass is 588 g/mol. The molecular formula is C34H52O8. The standard InChI is InChI=1S/C34H52O8/c1-18(16-27-21(4)25-10-8-19(2)23-12-14-31(6)37-29(35-27)33(23,25)41-39-31)17-28-22(5)26-11-9-20(3)24-13-15-32(7)38-30(36-28)34(24,26)42-40-32/h19-30H,1,8-17H2,2-7H3/t19-,20-,21-,22-,23+,24+,25+,26+,27?,28?,29-,30-,31-,32+,33-,34-/m1/s1. The molecule has 0 aromatic heterocycles. The van der Waals surface area contributed by atoms with Crippen LogP contribution >= 0.6 is 0 Å². The molecule has 2 saturated carbocycles. The Labute approximate surface area is 251 Å². The van der Waals surface area contributed by atoms with Gasteiger partial charge in [0.25, 0.3) is 0 Å². The first-order valence-corrected chi connectivity index (χ1v) is 17.0. The number of ether oxygens (including phenoxy) is 4. The molecule has 0 amide bonds. The van der Waals surface area contributed by atoms with E-state index < -0.39 is 35.4 Å². The van der Waals surface area contributed by atoms with Crippen LogP contribution in [0, 0.1) is 47.3 Å². The lowest BCUT2D eigenvalue weighted by Gasteiger charge is -2.61. The SMILES string of the molecule is C=C(CC1O[C@@H]2O[C@@]3(C)CC[C@H]4[C@H](C)CC[C@@H]([C@H]1C)[C@@]24OO3)CC1O[C@@H]2O[C@]3(C)CC[C@H]4[C@H](C)CC[C@@H]([C@H]1C)[C@@]24OO3. The molecule has 4 bridgehead atoms. The highest BCUT2D eigenvalue weighted by Crippen LogP contribution is 2.63. The van der Waals surface area contributed by atoms with Crippen molar-refractivity contribution in [3.05, 3.63) is 12.2 Å². The van der Waals surface area contributed by atoms with Gasteiger partial charge in [-0.2, -0.15) is 0 Å². The number of hydrogen-bond acceptors (Lipinski definition) is 8. The van der Waals surface area contributed by atoms with E-state index in [0.717, 1.165) is 51.4 Å². The molecule has 0 N–H and O–H groups in total.